The van der Waals surface area contributed by atoms with Crippen LogP contribution in [0.3, 0.4) is 0 Å². The number of imide groups is 1. The molecule has 1 unspecified atom stereocenters. The smallest absolute Gasteiger partial charge is 0.230 e. The molecule has 0 aliphatic carbocycles. The molecule has 0 aromatic rings. The third kappa shape index (κ3) is 2.26. The quantitative estimate of drug-likeness (QED) is 0.674. The molecule has 2 heterocycles. The van der Waals surface area contributed by atoms with Crippen LogP contribution in [0.4, 0.5) is 0 Å². The summed E-state index contributed by atoms with van der Waals surface area (Å²) in [7, 11) is 0. The highest BCUT2D eigenvalue weighted by atomic mass is 16.2. The highest BCUT2D eigenvalue weighted by Crippen LogP contribution is 2.33. The minimum atomic E-state index is -0.160. The Morgan fingerprint density at radius 2 is 1.88 bits per heavy atom. The number of likely N-dealkylation sites (tertiary alicyclic amines) is 1. The van der Waals surface area contributed by atoms with Crippen LogP contribution in [0.2, 0.25) is 0 Å². The SMILES string of the molecule is CC1(C)CC(=O)N(C2CCCNC2)C(=O)C1. The monoisotopic (exact) mass is 224 g/mol. The standard InChI is InChI=1S/C12H20N2O2/c1-12(2)6-10(15)14(11(16)7-12)9-4-3-5-13-8-9/h9,13H,3-8H2,1-2H3. The van der Waals surface area contributed by atoms with Crippen molar-refractivity contribution in [1.29, 1.82) is 0 Å². The molecule has 0 radical (unpaired) electrons. The Balaban J connectivity index is 2.09. The number of piperidine rings is 2. The first-order chi connectivity index (χ1) is 7.49. The molecule has 0 aromatic heterocycles. The Labute approximate surface area is 96.4 Å². The van der Waals surface area contributed by atoms with E-state index >= 15 is 0 Å². The Bertz CT molecular complexity index is 286. The Morgan fingerprint density at radius 3 is 2.38 bits per heavy atom. The second-order valence-corrected chi connectivity index (χ2v) is 5.68. The van der Waals surface area contributed by atoms with Crippen LogP contribution in [-0.4, -0.2) is 35.8 Å². The lowest BCUT2D eigenvalue weighted by Crippen LogP contribution is -2.55. The lowest BCUT2D eigenvalue weighted by atomic mass is 9.81. The first kappa shape index (κ1) is 11.6. The molecule has 1 N–H and O–H groups in total. The molecular formula is C12H20N2O2. The fraction of sp³-hybridized carbons (Fsp3) is 0.833. The molecule has 90 valence electrons. The molecule has 2 rings (SSSR count). The van der Waals surface area contributed by atoms with Crippen molar-refractivity contribution >= 4 is 11.8 Å². The van der Waals surface area contributed by atoms with E-state index < -0.39 is 0 Å². The van der Waals surface area contributed by atoms with Crippen molar-refractivity contribution in [3.8, 4) is 0 Å². The maximum atomic E-state index is 12.0. The molecule has 4 heteroatoms. The summed E-state index contributed by atoms with van der Waals surface area (Å²) in [5, 5.41) is 3.25. The molecule has 4 nitrogen and oxygen atoms in total. The van der Waals surface area contributed by atoms with Crippen molar-refractivity contribution in [3.05, 3.63) is 0 Å². The lowest BCUT2D eigenvalue weighted by molar-refractivity contribution is -0.155. The summed E-state index contributed by atoms with van der Waals surface area (Å²) >= 11 is 0. The van der Waals surface area contributed by atoms with Crippen LogP contribution in [0.1, 0.15) is 39.5 Å². The maximum Gasteiger partial charge on any atom is 0.230 e. The number of amides is 2. The van der Waals surface area contributed by atoms with Gasteiger partial charge >= 0.3 is 0 Å². The van der Waals surface area contributed by atoms with Gasteiger partial charge in [0, 0.05) is 19.4 Å². The molecule has 2 amide bonds. The summed E-state index contributed by atoms with van der Waals surface area (Å²) in [6, 6.07) is 0.0878. The lowest BCUT2D eigenvalue weighted by Gasteiger charge is -2.40. The van der Waals surface area contributed by atoms with Gasteiger partial charge < -0.3 is 5.32 Å². The second kappa shape index (κ2) is 4.17. The maximum absolute atomic E-state index is 12.0. The summed E-state index contributed by atoms with van der Waals surface area (Å²) < 4.78 is 0. The first-order valence-electron chi connectivity index (χ1n) is 6.05. The summed E-state index contributed by atoms with van der Waals surface area (Å²) in [6.45, 7) is 5.73. The van der Waals surface area contributed by atoms with Gasteiger partial charge in [0.15, 0.2) is 0 Å². The molecule has 0 spiro atoms. The zero-order chi connectivity index (χ0) is 11.8. The molecule has 0 saturated carbocycles. The number of hydrogen-bond donors (Lipinski definition) is 1. The van der Waals surface area contributed by atoms with E-state index in [0.717, 1.165) is 25.9 Å². The van der Waals surface area contributed by atoms with Gasteiger partial charge in [-0.25, -0.2) is 0 Å². The molecule has 2 fully saturated rings. The van der Waals surface area contributed by atoms with Crippen molar-refractivity contribution in [3.63, 3.8) is 0 Å². The minimum absolute atomic E-state index is 0.00921. The minimum Gasteiger partial charge on any atom is -0.315 e. The van der Waals surface area contributed by atoms with Gasteiger partial charge in [-0.2, -0.15) is 0 Å². The van der Waals surface area contributed by atoms with Crippen molar-refractivity contribution in [2.45, 2.75) is 45.6 Å². The van der Waals surface area contributed by atoms with Crippen LogP contribution in [-0.2, 0) is 9.59 Å². The highest BCUT2D eigenvalue weighted by molar-refractivity contribution is 5.98. The van der Waals surface area contributed by atoms with E-state index in [1.54, 1.807) is 0 Å². The molecule has 0 bridgehead atoms. The number of nitrogens with zero attached hydrogens (tertiary/aromatic N) is 1. The summed E-state index contributed by atoms with van der Waals surface area (Å²) in [5.41, 5.74) is -0.160. The van der Waals surface area contributed by atoms with Gasteiger partial charge in [0.1, 0.15) is 0 Å². The molecule has 2 aliphatic rings. The largest absolute Gasteiger partial charge is 0.315 e. The predicted octanol–water partition coefficient (Wildman–Crippen LogP) is 0.914. The number of hydrogen-bond acceptors (Lipinski definition) is 3. The third-order valence-electron chi connectivity index (χ3n) is 3.43. The predicted molar refractivity (Wildman–Crippen MR) is 60.8 cm³/mol. The Hall–Kier alpha value is -0.900. The van der Waals surface area contributed by atoms with Gasteiger partial charge in [0.05, 0.1) is 6.04 Å². The van der Waals surface area contributed by atoms with Crippen LogP contribution in [0.5, 0.6) is 0 Å². The van der Waals surface area contributed by atoms with Crippen LogP contribution in [0.25, 0.3) is 0 Å². The average molecular weight is 224 g/mol. The van der Waals surface area contributed by atoms with Crippen molar-refractivity contribution in [2.24, 2.45) is 5.41 Å². The van der Waals surface area contributed by atoms with Crippen molar-refractivity contribution < 1.29 is 9.59 Å². The normalized spacial score (nSPS) is 30.6. The summed E-state index contributed by atoms with van der Waals surface area (Å²) in [5.74, 6) is 0.0184. The summed E-state index contributed by atoms with van der Waals surface area (Å²) in [6.07, 6.45) is 2.99. The van der Waals surface area contributed by atoms with E-state index in [2.05, 4.69) is 5.32 Å². The molecule has 2 saturated heterocycles. The van der Waals surface area contributed by atoms with E-state index in [4.69, 9.17) is 0 Å². The van der Waals surface area contributed by atoms with E-state index in [-0.39, 0.29) is 23.3 Å². The molecular weight excluding hydrogens is 204 g/mol. The van der Waals surface area contributed by atoms with Crippen molar-refractivity contribution in [1.82, 2.24) is 10.2 Å². The van der Waals surface area contributed by atoms with E-state index in [1.807, 2.05) is 13.8 Å². The van der Waals surface area contributed by atoms with E-state index in [0.29, 0.717) is 12.8 Å². The number of nitrogens with one attached hydrogen (secondary N) is 1. The third-order valence-corrected chi connectivity index (χ3v) is 3.43. The Morgan fingerprint density at radius 1 is 1.25 bits per heavy atom. The first-order valence-corrected chi connectivity index (χ1v) is 6.05. The van der Waals surface area contributed by atoms with Crippen molar-refractivity contribution in [2.75, 3.05) is 13.1 Å². The number of rotatable bonds is 1. The summed E-state index contributed by atoms with van der Waals surface area (Å²) in [4.78, 5) is 25.5. The van der Waals surface area contributed by atoms with Gasteiger partial charge in [-0.15, -0.1) is 0 Å². The molecule has 16 heavy (non-hydrogen) atoms. The van der Waals surface area contributed by atoms with Gasteiger partial charge in [-0.3, -0.25) is 14.5 Å². The van der Waals surface area contributed by atoms with Crippen LogP contribution in [0.15, 0.2) is 0 Å². The molecule has 0 aromatic carbocycles. The van der Waals surface area contributed by atoms with Gasteiger partial charge in [0.25, 0.3) is 0 Å². The zero-order valence-corrected chi connectivity index (χ0v) is 10.1. The van der Waals surface area contributed by atoms with E-state index in [1.165, 1.54) is 4.90 Å². The average Bonchev–Trinajstić information content (AvgIpc) is 2.16. The number of carbonyl (C=O) groups is 2. The fourth-order valence-electron chi connectivity index (χ4n) is 2.65. The molecule has 1 atom stereocenters. The highest BCUT2D eigenvalue weighted by Gasteiger charge is 2.40. The second-order valence-electron chi connectivity index (χ2n) is 5.68. The fourth-order valence-corrected chi connectivity index (χ4v) is 2.65. The van der Waals surface area contributed by atoms with Crippen LogP contribution < -0.4 is 5.32 Å². The topological polar surface area (TPSA) is 49.4 Å². The molecule has 2 aliphatic heterocycles. The van der Waals surface area contributed by atoms with Crippen LogP contribution >= 0.6 is 0 Å². The Kier molecular flexibility index (Phi) is 3.02. The zero-order valence-electron chi connectivity index (χ0n) is 10.1. The van der Waals surface area contributed by atoms with Crippen LogP contribution in [0, 0.1) is 5.41 Å². The number of carbonyl (C=O) groups excluding carboxylic acids is 2. The van der Waals surface area contributed by atoms with Gasteiger partial charge in [0.2, 0.25) is 11.8 Å². The van der Waals surface area contributed by atoms with E-state index in [9.17, 15) is 9.59 Å². The van der Waals surface area contributed by atoms with Gasteiger partial charge in [-0.1, -0.05) is 13.8 Å². The van der Waals surface area contributed by atoms with Gasteiger partial charge in [-0.05, 0) is 24.8 Å².